The number of nitrogens with two attached hydrogens (primary N) is 1. The first-order valence-corrected chi connectivity index (χ1v) is 6.64. The van der Waals surface area contributed by atoms with Gasteiger partial charge in [-0.3, -0.25) is 4.79 Å². The molecule has 18 heavy (non-hydrogen) atoms. The Kier molecular flexibility index (Phi) is 5.69. The van der Waals surface area contributed by atoms with E-state index in [-0.39, 0.29) is 24.1 Å². The van der Waals surface area contributed by atoms with Crippen LogP contribution in [0.15, 0.2) is 21.5 Å². The zero-order chi connectivity index (χ0) is 12.4. The van der Waals surface area contributed by atoms with Crippen molar-refractivity contribution in [1.29, 1.82) is 0 Å². The topological polar surface area (TPSA) is 57.2 Å². The van der Waals surface area contributed by atoms with Gasteiger partial charge in [0.15, 0.2) is 0 Å². The molecule has 0 bridgehead atoms. The van der Waals surface area contributed by atoms with Crippen molar-refractivity contribution in [2.75, 3.05) is 0 Å². The maximum absolute atomic E-state index is 11.5. The summed E-state index contributed by atoms with van der Waals surface area (Å²) >= 11 is 3.41. The fourth-order valence-electron chi connectivity index (χ4n) is 2.06. The van der Waals surface area contributed by atoms with Crippen molar-refractivity contribution >= 4 is 28.3 Å². The fraction of sp³-hybridized carbons (Fsp3) is 0.583. The molecule has 0 aromatic carbocycles. The quantitative estimate of drug-likeness (QED) is 0.900. The third kappa shape index (κ3) is 3.73. The molecule has 0 spiro atoms. The standard InChI is InChI=1S/C12H17BrN2O2.ClH/c1-15-7-10(13)11(6-12(15)16)17-9-4-2-8(14)3-5-9;/h6-9H,2-5,14H2,1H3;1H/t8-,9-;. The van der Waals surface area contributed by atoms with Crippen molar-refractivity contribution in [3.8, 4) is 5.75 Å². The molecule has 2 rings (SSSR count). The number of nitrogens with zero attached hydrogens (tertiary/aromatic N) is 1. The number of aromatic nitrogens is 1. The van der Waals surface area contributed by atoms with Gasteiger partial charge < -0.3 is 15.0 Å². The van der Waals surface area contributed by atoms with E-state index in [4.69, 9.17) is 10.5 Å². The van der Waals surface area contributed by atoms with Crippen LogP contribution in [0.25, 0.3) is 0 Å². The largest absolute Gasteiger partial charge is 0.489 e. The van der Waals surface area contributed by atoms with Gasteiger partial charge in [0, 0.05) is 25.4 Å². The normalized spacial score (nSPS) is 23.3. The van der Waals surface area contributed by atoms with Gasteiger partial charge in [0.25, 0.3) is 5.56 Å². The summed E-state index contributed by atoms with van der Waals surface area (Å²) in [5, 5.41) is 0. The van der Waals surface area contributed by atoms with Gasteiger partial charge in [-0.1, -0.05) is 0 Å². The Morgan fingerprint density at radius 3 is 2.61 bits per heavy atom. The number of halogens is 2. The van der Waals surface area contributed by atoms with E-state index in [2.05, 4.69) is 15.9 Å². The monoisotopic (exact) mass is 336 g/mol. The van der Waals surface area contributed by atoms with Crippen LogP contribution >= 0.6 is 28.3 Å². The molecule has 2 N–H and O–H groups in total. The van der Waals surface area contributed by atoms with Gasteiger partial charge in [-0.15, -0.1) is 12.4 Å². The van der Waals surface area contributed by atoms with E-state index in [9.17, 15) is 4.79 Å². The Labute approximate surface area is 121 Å². The second-order valence-electron chi connectivity index (χ2n) is 4.59. The molecule has 102 valence electrons. The SMILES string of the molecule is Cl.Cn1cc(Br)c(O[C@H]2CC[C@H](N)CC2)cc1=O. The smallest absolute Gasteiger partial charge is 0.254 e. The second-order valence-corrected chi connectivity index (χ2v) is 5.44. The second kappa shape index (κ2) is 6.59. The summed E-state index contributed by atoms with van der Waals surface area (Å²) in [4.78, 5) is 11.5. The molecule has 0 unspecified atom stereocenters. The Morgan fingerprint density at radius 2 is 2.00 bits per heavy atom. The molecule has 0 radical (unpaired) electrons. The minimum atomic E-state index is -0.0595. The average molecular weight is 338 g/mol. The summed E-state index contributed by atoms with van der Waals surface area (Å²) in [7, 11) is 1.72. The number of hydrogen-bond donors (Lipinski definition) is 1. The maximum Gasteiger partial charge on any atom is 0.254 e. The van der Waals surface area contributed by atoms with Crippen LogP contribution in [-0.2, 0) is 7.05 Å². The zero-order valence-corrected chi connectivity index (χ0v) is 12.7. The summed E-state index contributed by atoms with van der Waals surface area (Å²) in [5.74, 6) is 0.633. The molecular weight excluding hydrogens is 320 g/mol. The van der Waals surface area contributed by atoms with Crippen molar-refractivity contribution in [1.82, 2.24) is 4.57 Å². The highest BCUT2D eigenvalue weighted by Crippen LogP contribution is 2.27. The summed E-state index contributed by atoms with van der Waals surface area (Å²) in [6.07, 6.45) is 5.82. The molecule has 6 heteroatoms. The number of ether oxygens (including phenoxy) is 1. The van der Waals surface area contributed by atoms with E-state index >= 15 is 0 Å². The van der Waals surface area contributed by atoms with Gasteiger partial charge in [0.1, 0.15) is 5.75 Å². The first kappa shape index (κ1) is 15.5. The van der Waals surface area contributed by atoms with E-state index in [1.54, 1.807) is 13.2 Å². The zero-order valence-electron chi connectivity index (χ0n) is 10.3. The van der Waals surface area contributed by atoms with Crippen LogP contribution in [0, 0.1) is 0 Å². The van der Waals surface area contributed by atoms with Gasteiger partial charge >= 0.3 is 0 Å². The number of rotatable bonds is 2. The molecule has 1 heterocycles. The average Bonchev–Trinajstić information content (AvgIpc) is 2.29. The maximum atomic E-state index is 11.5. The van der Waals surface area contributed by atoms with Crippen LogP contribution < -0.4 is 16.0 Å². The number of pyridine rings is 1. The summed E-state index contributed by atoms with van der Waals surface area (Å²) in [6.45, 7) is 0. The molecule has 1 aromatic heterocycles. The molecule has 4 nitrogen and oxygen atoms in total. The minimum absolute atomic E-state index is 0. The molecule has 1 aliphatic rings. The van der Waals surface area contributed by atoms with E-state index in [1.165, 1.54) is 10.6 Å². The summed E-state index contributed by atoms with van der Waals surface area (Å²) in [6, 6.07) is 1.83. The molecule has 0 amide bonds. The van der Waals surface area contributed by atoms with Crippen LogP contribution in [0.3, 0.4) is 0 Å². The van der Waals surface area contributed by atoms with Crippen LogP contribution in [0.5, 0.6) is 5.75 Å². The Bertz CT molecular complexity index is 456. The molecule has 0 atom stereocenters. The van der Waals surface area contributed by atoms with Gasteiger partial charge in [-0.25, -0.2) is 0 Å². The van der Waals surface area contributed by atoms with Gasteiger partial charge in [-0.2, -0.15) is 0 Å². The molecule has 0 aliphatic heterocycles. The number of hydrogen-bond acceptors (Lipinski definition) is 3. The summed E-state index contributed by atoms with van der Waals surface area (Å²) < 4.78 is 8.19. The lowest BCUT2D eigenvalue weighted by Gasteiger charge is -2.27. The van der Waals surface area contributed by atoms with Crippen LogP contribution in [0.2, 0.25) is 0 Å². The van der Waals surface area contributed by atoms with E-state index in [0.29, 0.717) is 11.8 Å². The minimum Gasteiger partial charge on any atom is -0.489 e. The first-order valence-electron chi connectivity index (χ1n) is 5.84. The van der Waals surface area contributed by atoms with Gasteiger partial charge in [0.05, 0.1) is 10.6 Å². The summed E-state index contributed by atoms with van der Waals surface area (Å²) in [5.41, 5.74) is 5.79. The van der Waals surface area contributed by atoms with E-state index < -0.39 is 0 Å². The van der Waals surface area contributed by atoms with Crippen LogP contribution in [0.4, 0.5) is 0 Å². The van der Waals surface area contributed by atoms with E-state index in [1.807, 2.05) is 0 Å². The lowest BCUT2D eigenvalue weighted by Crippen LogP contribution is -2.32. The van der Waals surface area contributed by atoms with Crippen LogP contribution in [-0.4, -0.2) is 16.7 Å². The van der Waals surface area contributed by atoms with Gasteiger partial charge in [0.2, 0.25) is 0 Å². The van der Waals surface area contributed by atoms with Crippen molar-refractivity contribution in [2.24, 2.45) is 12.8 Å². The third-order valence-corrected chi connectivity index (χ3v) is 3.75. The molecule has 1 aliphatic carbocycles. The highest BCUT2D eigenvalue weighted by molar-refractivity contribution is 9.10. The van der Waals surface area contributed by atoms with Crippen molar-refractivity contribution in [2.45, 2.75) is 37.8 Å². The molecule has 0 saturated heterocycles. The molecule has 1 saturated carbocycles. The predicted molar refractivity (Wildman–Crippen MR) is 77.5 cm³/mol. The molecular formula is C12H18BrClN2O2. The van der Waals surface area contributed by atoms with Crippen molar-refractivity contribution in [3.05, 3.63) is 27.1 Å². The fourth-order valence-corrected chi connectivity index (χ4v) is 2.57. The van der Waals surface area contributed by atoms with Crippen molar-refractivity contribution in [3.63, 3.8) is 0 Å². The lowest BCUT2D eigenvalue weighted by atomic mass is 9.94. The number of aryl methyl sites for hydroxylation is 1. The Hall–Kier alpha value is -0.520. The Morgan fingerprint density at radius 1 is 1.39 bits per heavy atom. The Balaban J connectivity index is 0.00000162. The molecule has 1 fully saturated rings. The predicted octanol–water partition coefficient (Wildman–Crippen LogP) is 2.22. The highest BCUT2D eigenvalue weighted by Gasteiger charge is 2.20. The first-order chi connectivity index (χ1) is 8.06. The van der Waals surface area contributed by atoms with Gasteiger partial charge in [-0.05, 0) is 41.6 Å². The van der Waals surface area contributed by atoms with Crippen molar-refractivity contribution < 1.29 is 4.74 Å². The molecule has 1 aromatic rings. The highest BCUT2D eigenvalue weighted by atomic mass is 79.9. The van der Waals surface area contributed by atoms with E-state index in [0.717, 1.165) is 30.2 Å². The van der Waals surface area contributed by atoms with Crippen LogP contribution in [0.1, 0.15) is 25.7 Å². The third-order valence-electron chi connectivity index (χ3n) is 3.16. The lowest BCUT2D eigenvalue weighted by molar-refractivity contribution is 0.146.